The number of carbonyl (C=O) groups is 1. The van der Waals surface area contributed by atoms with Crippen molar-refractivity contribution in [2.24, 2.45) is 0 Å². The molecule has 1 fully saturated rings. The van der Waals surface area contributed by atoms with Gasteiger partial charge in [-0.25, -0.2) is 4.39 Å². The van der Waals surface area contributed by atoms with Crippen molar-refractivity contribution in [1.82, 2.24) is 14.7 Å². The predicted molar refractivity (Wildman–Crippen MR) is 117 cm³/mol. The highest BCUT2D eigenvalue weighted by Crippen LogP contribution is 2.16. The second kappa shape index (κ2) is 9.23. The number of hydrogen-bond acceptors (Lipinski definition) is 5. The summed E-state index contributed by atoms with van der Waals surface area (Å²) in [5.41, 5.74) is 1.88. The van der Waals surface area contributed by atoms with Gasteiger partial charge in [0, 0.05) is 42.9 Å². The van der Waals surface area contributed by atoms with Crippen molar-refractivity contribution < 1.29 is 9.18 Å². The van der Waals surface area contributed by atoms with Gasteiger partial charge in [0.2, 0.25) is 0 Å². The molecule has 1 aliphatic heterocycles. The van der Waals surface area contributed by atoms with E-state index in [0.717, 1.165) is 41.4 Å². The van der Waals surface area contributed by atoms with Gasteiger partial charge in [-0.15, -0.1) is 0 Å². The van der Waals surface area contributed by atoms with E-state index in [1.54, 1.807) is 0 Å². The number of nitrogens with one attached hydrogen (secondary N) is 1. The summed E-state index contributed by atoms with van der Waals surface area (Å²) in [5, 5.41) is 6.99. The number of halogens is 1. The Morgan fingerprint density at radius 3 is 2.60 bits per heavy atom. The molecule has 8 heteroatoms. The maximum atomic E-state index is 13.2. The molecule has 1 amide bonds. The minimum Gasteiger partial charge on any atom is -0.321 e. The first kappa shape index (κ1) is 20.3. The van der Waals surface area contributed by atoms with Crippen molar-refractivity contribution in [3.8, 4) is 5.69 Å². The van der Waals surface area contributed by atoms with Gasteiger partial charge in [-0.3, -0.25) is 14.5 Å². The lowest BCUT2D eigenvalue weighted by Crippen LogP contribution is -2.31. The first-order chi connectivity index (χ1) is 14.6. The number of carbonyl (C=O) groups excluding carboxylic acids is 1. The molecule has 0 unspecified atom stereocenters. The van der Waals surface area contributed by atoms with Crippen molar-refractivity contribution >= 4 is 23.4 Å². The lowest BCUT2D eigenvalue weighted by Gasteiger charge is -2.26. The number of amides is 1. The third-order valence-electron chi connectivity index (χ3n) is 4.80. The molecule has 0 spiro atoms. The van der Waals surface area contributed by atoms with Crippen LogP contribution in [-0.4, -0.2) is 45.2 Å². The van der Waals surface area contributed by atoms with Crippen LogP contribution in [0.25, 0.3) is 5.69 Å². The van der Waals surface area contributed by atoms with Crippen LogP contribution in [0, 0.1) is 5.82 Å². The summed E-state index contributed by atoms with van der Waals surface area (Å²) < 4.78 is 14.2. The molecule has 0 atom stereocenters. The zero-order valence-electron chi connectivity index (χ0n) is 16.3. The molecule has 1 N–H and O–H groups in total. The normalized spacial score (nSPS) is 14.4. The average molecular weight is 425 g/mol. The molecule has 0 saturated carbocycles. The lowest BCUT2D eigenvalue weighted by atomic mass is 10.2. The van der Waals surface area contributed by atoms with Crippen LogP contribution in [-0.2, 0) is 6.54 Å². The number of anilines is 1. The first-order valence-corrected chi connectivity index (χ1v) is 10.8. The van der Waals surface area contributed by atoms with E-state index >= 15 is 0 Å². The summed E-state index contributed by atoms with van der Waals surface area (Å²) in [6.07, 6.45) is 0. The van der Waals surface area contributed by atoms with E-state index in [0.29, 0.717) is 11.4 Å². The van der Waals surface area contributed by atoms with E-state index in [9.17, 15) is 14.0 Å². The molecular formula is C22H21FN4O2S. The molecule has 3 aromatic rings. The number of thioether (sulfide) groups is 1. The third-order valence-corrected chi connectivity index (χ3v) is 5.74. The van der Waals surface area contributed by atoms with Gasteiger partial charge in [0.1, 0.15) is 11.5 Å². The van der Waals surface area contributed by atoms with Crippen LogP contribution in [0.2, 0.25) is 0 Å². The van der Waals surface area contributed by atoms with E-state index in [4.69, 9.17) is 0 Å². The van der Waals surface area contributed by atoms with Crippen LogP contribution >= 0.6 is 11.8 Å². The zero-order chi connectivity index (χ0) is 20.9. The predicted octanol–water partition coefficient (Wildman–Crippen LogP) is 3.17. The molecule has 2 aromatic carbocycles. The minimum atomic E-state index is -0.419. The van der Waals surface area contributed by atoms with Gasteiger partial charge < -0.3 is 5.32 Å². The number of benzene rings is 2. The molecule has 0 bridgehead atoms. The molecule has 30 heavy (non-hydrogen) atoms. The quantitative estimate of drug-likeness (QED) is 0.682. The third kappa shape index (κ3) is 4.95. The van der Waals surface area contributed by atoms with Gasteiger partial charge >= 0.3 is 0 Å². The highest BCUT2D eigenvalue weighted by molar-refractivity contribution is 7.99. The maximum absolute atomic E-state index is 13.2. The highest BCUT2D eigenvalue weighted by atomic mass is 32.2. The Morgan fingerprint density at radius 1 is 1.07 bits per heavy atom. The first-order valence-electron chi connectivity index (χ1n) is 9.65. The SMILES string of the molecule is O=C(Nc1cccc(CN2CCSCC2)c1)c1ccc(=O)n(-c2ccc(F)cc2)n1. The molecule has 0 radical (unpaired) electrons. The van der Waals surface area contributed by atoms with Gasteiger partial charge in [0.05, 0.1) is 5.69 Å². The van der Waals surface area contributed by atoms with Crippen LogP contribution in [0.15, 0.2) is 65.5 Å². The van der Waals surface area contributed by atoms with E-state index < -0.39 is 17.3 Å². The summed E-state index contributed by atoms with van der Waals surface area (Å²) in [4.78, 5) is 27.2. The molecular weight excluding hydrogens is 403 g/mol. The highest BCUT2D eigenvalue weighted by Gasteiger charge is 2.13. The van der Waals surface area contributed by atoms with Gasteiger partial charge in [0.25, 0.3) is 11.5 Å². The van der Waals surface area contributed by atoms with Crippen LogP contribution in [0.1, 0.15) is 16.1 Å². The minimum absolute atomic E-state index is 0.0948. The van der Waals surface area contributed by atoms with Crippen molar-refractivity contribution in [2.45, 2.75) is 6.54 Å². The van der Waals surface area contributed by atoms with E-state index in [1.807, 2.05) is 36.0 Å². The Morgan fingerprint density at radius 2 is 1.83 bits per heavy atom. The summed E-state index contributed by atoms with van der Waals surface area (Å²) in [7, 11) is 0. The summed E-state index contributed by atoms with van der Waals surface area (Å²) in [6.45, 7) is 2.98. The standard InChI is InChI=1S/C22H21FN4O2S/c23-17-4-6-19(7-5-17)27-21(28)9-8-20(25-27)22(29)24-18-3-1-2-16(14-18)15-26-10-12-30-13-11-26/h1-9,14H,10-13,15H2,(H,24,29). The molecule has 2 heterocycles. The molecule has 6 nitrogen and oxygen atoms in total. The second-order valence-electron chi connectivity index (χ2n) is 6.99. The van der Waals surface area contributed by atoms with E-state index in [-0.39, 0.29) is 5.69 Å². The molecule has 1 aliphatic rings. The summed E-state index contributed by atoms with van der Waals surface area (Å²) >= 11 is 1.97. The number of aromatic nitrogens is 2. The van der Waals surface area contributed by atoms with Crippen LogP contribution in [0.3, 0.4) is 0 Å². The second-order valence-corrected chi connectivity index (χ2v) is 8.21. The number of hydrogen-bond donors (Lipinski definition) is 1. The van der Waals surface area contributed by atoms with Crippen LogP contribution in [0.5, 0.6) is 0 Å². The largest absolute Gasteiger partial charge is 0.321 e. The monoisotopic (exact) mass is 424 g/mol. The van der Waals surface area contributed by atoms with Gasteiger partial charge in [-0.05, 0) is 48.0 Å². The molecule has 1 aromatic heterocycles. The fourth-order valence-corrected chi connectivity index (χ4v) is 4.24. The Hall–Kier alpha value is -2.97. The smallest absolute Gasteiger partial charge is 0.276 e. The average Bonchev–Trinajstić information content (AvgIpc) is 2.76. The summed E-state index contributed by atoms with van der Waals surface area (Å²) in [6, 6.07) is 15.7. The van der Waals surface area contributed by atoms with Crippen molar-refractivity contribution in [2.75, 3.05) is 29.9 Å². The summed E-state index contributed by atoms with van der Waals surface area (Å²) in [5.74, 6) is 1.46. The number of nitrogens with zero attached hydrogens (tertiary/aromatic N) is 3. The van der Waals surface area contributed by atoms with E-state index in [1.165, 1.54) is 36.4 Å². The molecule has 0 aliphatic carbocycles. The zero-order valence-corrected chi connectivity index (χ0v) is 17.1. The van der Waals surface area contributed by atoms with Crippen LogP contribution in [0.4, 0.5) is 10.1 Å². The van der Waals surface area contributed by atoms with Crippen LogP contribution < -0.4 is 10.9 Å². The maximum Gasteiger partial charge on any atom is 0.276 e. The van der Waals surface area contributed by atoms with E-state index in [2.05, 4.69) is 15.3 Å². The Balaban J connectivity index is 1.50. The van der Waals surface area contributed by atoms with Gasteiger partial charge in [0.15, 0.2) is 0 Å². The Kier molecular flexibility index (Phi) is 6.25. The number of rotatable bonds is 5. The van der Waals surface area contributed by atoms with Gasteiger partial charge in [-0.1, -0.05) is 12.1 Å². The molecule has 154 valence electrons. The topological polar surface area (TPSA) is 67.2 Å². The fourth-order valence-electron chi connectivity index (χ4n) is 3.26. The Bertz CT molecular complexity index is 1090. The Labute approximate surface area is 177 Å². The van der Waals surface area contributed by atoms with Crippen molar-refractivity contribution in [3.63, 3.8) is 0 Å². The lowest BCUT2D eigenvalue weighted by molar-refractivity contribution is 0.102. The fraction of sp³-hybridized carbons (Fsp3) is 0.227. The molecule has 4 rings (SSSR count). The van der Waals surface area contributed by atoms with Gasteiger partial charge in [-0.2, -0.15) is 21.5 Å². The molecule has 1 saturated heterocycles. The van der Waals surface area contributed by atoms with Crippen molar-refractivity contribution in [1.29, 1.82) is 0 Å². The van der Waals surface area contributed by atoms with Crippen molar-refractivity contribution in [3.05, 3.63) is 88.1 Å².